The zero-order valence-electron chi connectivity index (χ0n) is 7.01. The molecule has 0 amide bonds. The van der Waals surface area contributed by atoms with Gasteiger partial charge in [0, 0.05) is 16.2 Å². The molecule has 0 aromatic heterocycles. The number of anilines is 1. The van der Waals surface area contributed by atoms with Crippen LogP contribution in [-0.2, 0) is 0 Å². The first-order valence-electron chi connectivity index (χ1n) is 3.92. The van der Waals surface area contributed by atoms with Crippen molar-refractivity contribution in [1.29, 1.82) is 0 Å². The number of halogens is 1. The summed E-state index contributed by atoms with van der Waals surface area (Å²) in [7, 11) is 0. The first kappa shape index (κ1) is 9.39. The topological polar surface area (TPSA) is 35.2 Å². The van der Waals surface area contributed by atoms with Crippen LogP contribution >= 0.6 is 15.9 Å². The summed E-state index contributed by atoms with van der Waals surface area (Å²) < 4.78 is 6.30. The number of rotatable bonds is 3. The maximum atomic E-state index is 5.67. The van der Waals surface area contributed by atoms with Crippen LogP contribution in [0.1, 0.15) is 13.3 Å². The van der Waals surface area contributed by atoms with Crippen LogP contribution in [0.25, 0.3) is 0 Å². The Labute approximate surface area is 80.8 Å². The standard InChI is InChI=1S/C9H12BrNO/c1-2-5-12-7-3-4-8(10)9(11)6-7/h3-4,6H,2,5,11H2,1H3. The molecule has 12 heavy (non-hydrogen) atoms. The molecule has 0 saturated heterocycles. The molecule has 0 aliphatic heterocycles. The van der Waals surface area contributed by atoms with E-state index in [9.17, 15) is 0 Å². The maximum Gasteiger partial charge on any atom is 0.121 e. The summed E-state index contributed by atoms with van der Waals surface area (Å²) in [5.41, 5.74) is 6.38. The van der Waals surface area contributed by atoms with Gasteiger partial charge in [0.05, 0.1) is 6.61 Å². The van der Waals surface area contributed by atoms with Gasteiger partial charge in [-0.3, -0.25) is 0 Å². The zero-order chi connectivity index (χ0) is 8.97. The smallest absolute Gasteiger partial charge is 0.121 e. The van der Waals surface area contributed by atoms with Gasteiger partial charge in [-0.2, -0.15) is 0 Å². The molecule has 0 heterocycles. The summed E-state index contributed by atoms with van der Waals surface area (Å²) in [6.07, 6.45) is 1.01. The Morgan fingerprint density at radius 2 is 2.25 bits per heavy atom. The molecule has 1 rings (SSSR count). The first-order valence-corrected chi connectivity index (χ1v) is 4.71. The van der Waals surface area contributed by atoms with Crippen LogP contribution in [0.4, 0.5) is 5.69 Å². The predicted molar refractivity (Wildman–Crippen MR) is 54.3 cm³/mol. The van der Waals surface area contributed by atoms with Gasteiger partial charge < -0.3 is 10.5 Å². The van der Waals surface area contributed by atoms with Crippen LogP contribution in [-0.4, -0.2) is 6.61 Å². The second-order valence-corrected chi connectivity index (χ2v) is 3.39. The van der Waals surface area contributed by atoms with Crippen LogP contribution in [0.2, 0.25) is 0 Å². The molecule has 0 aliphatic carbocycles. The Bertz CT molecular complexity index is 263. The van der Waals surface area contributed by atoms with E-state index in [0.29, 0.717) is 5.69 Å². The van der Waals surface area contributed by atoms with E-state index in [1.54, 1.807) is 0 Å². The lowest BCUT2D eigenvalue weighted by atomic mass is 10.3. The van der Waals surface area contributed by atoms with Crippen LogP contribution in [0, 0.1) is 0 Å². The van der Waals surface area contributed by atoms with Gasteiger partial charge in [0.1, 0.15) is 5.75 Å². The third-order valence-electron chi connectivity index (χ3n) is 1.44. The third kappa shape index (κ3) is 2.41. The van der Waals surface area contributed by atoms with E-state index in [1.807, 2.05) is 18.2 Å². The van der Waals surface area contributed by atoms with Crippen LogP contribution in [0.15, 0.2) is 22.7 Å². The van der Waals surface area contributed by atoms with Gasteiger partial charge in [-0.1, -0.05) is 6.92 Å². The fourth-order valence-corrected chi connectivity index (χ4v) is 1.08. The van der Waals surface area contributed by atoms with Crippen molar-refractivity contribution in [3.05, 3.63) is 22.7 Å². The highest BCUT2D eigenvalue weighted by Gasteiger charge is 1.97. The van der Waals surface area contributed by atoms with Gasteiger partial charge in [0.25, 0.3) is 0 Å². The number of nitrogen functional groups attached to an aromatic ring is 1. The molecule has 2 N–H and O–H groups in total. The molecule has 0 radical (unpaired) electrons. The molecule has 1 aromatic rings. The van der Waals surface area contributed by atoms with Crippen molar-refractivity contribution in [2.24, 2.45) is 0 Å². The quantitative estimate of drug-likeness (QED) is 0.810. The van der Waals surface area contributed by atoms with Crippen molar-refractivity contribution in [2.45, 2.75) is 13.3 Å². The van der Waals surface area contributed by atoms with Gasteiger partial charge in [-0.05, 0) is 34.5 Å². The van der Waals surface area contributed by atoms with E-state index in [-0.39, 0.29) is 0 Å². The van der Waals surface area contributed by atoms with Crippen LogP contribution in [0.3, 0.4) is 0 Å². The number of ether oxygens (including phenoxy) is 1. The molecular formula is C9H12BrNO. The summed E-state index contributed by atoms with van der Waals surface area (Å²) >= 11 is 3.32. The summed E-state index contributed by atoms with van der Waals surface area (Å²) in [5.74, 6) is 0.831. The lowest BCUT2D eigenvalue weighted by molar-refractivity contribution is 0.317. The number of hydrogen-bond donors (Lipinski definition) is 1. The van der Waals surface area contributed by atoms with Crippen molar-refractivity contribution in [2.75, 3.05) is 12.3 Å². The van der Waals surface area contributed by atoms with Gasteiger partial charge in [-0.25, -0.2) is 0 Å². The van der Waals surface area contributed by atoms with Crippen molar-refractivity contribution in [3.8, 4) is 5.75 Å². The summed E-state index contributed by atoms with van der Waals surface area (Å²) in [6, 6.07) is 5.61. The second-order valence-electron chi connectivity index (χ2n) is 2.53. The molecule has 0 saturated carbocycles. The minimum Gasteiger partial charge on any atom is -0.494 e. The molecule has 0 fully saturated rings. The average Bonchev–Trinajstić information content (AvgIpc) is 2.07. The highest BCUT2D eigenvalue weighted by Crippen LogP contribution is 2.24. The SMILES string of the molecule is CCCOc1ccc(Br)c(N)c1. The fraction of sp³-hybridized carbons (Fsp3) is 0.333. The molecule has 66 valence electrons. The van der Waals surface area contributed by atoms with Crippen molar-refractivity contribution in [1.82, 2.24) is 0 Å². The van der Waals surface area contributed by atoms with E-state index >= 15 is 0 Å². The third-order valence-corrected chi connectivity index (χ3v) is 2.16. The Morgan fingerprint density at radius 1 is 1.50 bits per heavy atom. The molecule has 0 aliphatic rings. The minimum absolute atomic E-state index is 0.712. The average molecular weight is 230 g/mol. The summed E-state index contributed by atoms with van der Waals surface area (Å²) in [6.45, 7) is 2.81. The van der Waals surface area contributed by atoms with E-state index in [0.717, 1.165) is 23.2 Å². The highest BCUT2D eigenvalue weighted by atomic mass is 79.9. The van der Waals surface area contributed by atoms with Crippen molar-refractivity contribution >= 4 is 21.6 Å². The van der Waals surface area contributed by atoms with Crippen molar-refractivity contribution in [3.63, 3.8) is 0 Å². The number of nitrogens with two attached hydrogens (primary N) is 1. The molecule has 2 nitrogen and oxygen atoms in total. The predicted octanol–water partition coefficient (Wildman–Crippen LogP) is 2.82. The lowest BCUT2D eigenvalue weighted by Gasteiger charge is -2.05. The second kappa shape index (κ2) is 4.36. The van der Waals surface area contributed by atoms with E-state index in [1.165, 1.54) is 0 Å². The Balaban J connectivity index is 2.69. The van der Waals surface area contributed by atoms with Gasteiger partial charge in [-0.15, -0.1) is 0 Å². The van der Waals surface area contributed by atoms with Gasteiger partial charge in [0.15, 0.2) is 0 Å². The largest absolute Gasteiger partial charge is 0.494 e. The Kier molecular flexibility index (Phi) is 3.41. The normalized spacial score (nSPS) is 9.83. The van der Waals surface area contributed by atoms with Crippen LogP contribution < -0.4 is 10.5 Å². The van der Waals surface area contributed by atoms with Crippen molar-refractivity contribution < 1.29 is 4.74 Å². The Morgan fingerprint density at radius 3 is 2.83 bits per heavy atom. The zero-order valence-corrected chi connectivity index (χ0v) is 8.60. The molecule has 0 atom stereocenters. The molecule has 3 heteroatoms. The van der Waals surface area contributed by atoms with Gasteiger partial charge >= 0.3 is 0 Å². The fourth-order valence-electron chi connectivity index (χ4n) is 0.832. The number of benzene rings is 1. The van der Waals surface area contributed by atoms with E-state index < -0.39 is 0 Å². The molecular weight excluding hydrogens is 218 g/mol. The minimum atomic E-state index is 0.712. The maximum absolute atomic E-state index is 5.67. The molecule has 0 spiro atoms. The highest BCUT2D eigenvalue weighted by molar-refractivity contribution is 9.10. The van der Waals surface area contributed by atoms with Gasteiger partial charge in [0.2, 0.25) is 0 Å². The molecule has 1 aromatic carbocycles. The number of hydrogen-bond acceptors (Lipinski definition) is 2. The first-order chi connectivity index (χ1) is 5.74. The lowest BCUT2D eigenvalue weighted by Crippen LogP contribution is -1.96. The molecule has 0 unspecified atom stereocenters. The van der Waals surface area contributed by atoms with E-state index in [4.69, 9.17) is 10.5 Å². The summed E-state index contributed by atoms with van der Waals surface area (Å²) in [5, 5.41) is 0. The Hall–Kier alpha value is -0.700. The molecule has 0 bridgehead atoms. The van der Waals surface area contributed by atoms with Crippen LogP contribution in [0.5, 0.6) is 5.75 Å². The summed E-state index contributed by atoms with van der Waals surface area (Å²) in [4.78, 5) is 0. The monoisotopic (exact) mass is 229 g/mol. The van der Waals surface area contributed by atoms with E-state index in [2.05, 4.69) is 22.9 Å².